The molecule has 3 aromatic rings. The lowest BCUT2D eigenvalue weighted by atomic mass is 9.87. The Balaban J connectivity index is 1.42. The van der Waals surface area contributed by atoms with Gasteiger partial charge in [0.25, 0.3) is 0 Å². The van der Waals surface area contributed by atoms with Gasteiger partial charge in [0.1, 0.15) is 17.7 Å². The van der Waals surface area contributed by atoms with Crippen molar-refractivity contribution < 1.29 is 27.9 Å². The Morgan fingerprint density at radius 1 is 1.20 bits per heavy atom. The molecule has 2 aliphatic carbocycles. The number of carbonyl (C=O) groups excluding carboxylic acids is 3. The van der Waals surface area contributed by atoms with Crippen molar-refractivity contribution in [3.63, 3.8) is 0 Å². The predicted molar refractivity (Wildman–Crippen MR) is 175 cm³/mol. The zero-order chi connectivity index (χ0) is 33.2. The van der Waals surface area contributed by atoms with Crippen molar-refractivity contribution in [2.45, 2.75) is 83.0 Å². The molecule has 6 N–H and O–H groups in total. The summed E-state index contributed by atoms with van der Waals surface area (Å²) in [5.74, 6) is -2.09. The van der Waals surface area contributed by atoms with Gasteiger partial charge < -0.3 is 31.4 Å². The van der Waals surface area contributed by atoms with Gasteiger partial charge in [-0.1, -0.05) is 75.1 Å². The highest BCUT2D eigenvalue weighted by atomic mass is 35.5. The SMILES string of the molecule is CCC(C)[C@H](NC(=O)Cc1ccccc1F)C(=O)N[C@@]1(OC(=O)N[C@@H](CC2CC2)C(N)=S)CCc2[nH]c3c(Cl)cc(F)cc3c2C1. The van der Waals surface area contributed by atoms with Crippen molar-refractivity contribution in [3.8, 4) is 0 Å². The predicted octanol–water partition coefficient (Wildman–Crippen LogP) is 5.36. The Morgan fingerprint density at radius 2 is 1.93 bits per heavy atom. The molecule has 0 bridgehead atoms. The average molecular weight is 674 g/mol. The second kappa shape index (κ2) is 13.9. The van der Waals surface area contributed by atoms with Crippen LogP contribution in [-0.4, -0.2) is 45.7 Å². The number of halogens is 3. The standard InChI is InChI=1S/C33H38ClF2N5O4S/c1-3-17(2)28(40-27(42)13-19-6-4-5-7-24(19)36)31(43)41-33(45-32(44)39-26(30(37)46)12-18-8-9-18)11-10-25-22(16-33)21-14-20(35)15-23(34)29(21)38-25/h4-7,14-15,17-18,26,28,38H,3,8-13,16H2,1-2H3,(H2,37,46)(H,39,44)(H,40,42)(H,41,43)/t17?,26-,28-,33+/m0/s1. The minimum absolute atomic E-state index is 0.00195. The van der Waals surface area contributed by atoms with Gasteiger partial charge in [0, 0.05) is 23.9 Å². The largest absolute Gasteiger partial charge is 0.423 e. The molecule has 5 rings (SSSR count). The molecule has 2 aliphatic rings. The van der Waals surface area contributed by atoms with E-state index in [4.69, 9.17) is 34.3 Å². The topological polar surface area (TPSA) is 138 Å². The minimum Gasteiger partial charge on any atom is -0.423 e. The lowest BCUT2D eigenvalue weighted by Gasteiger charge is -2.39. The maximum absolute atomic E-state index is 14.5. The number of H-pyrrole nitrogens is 1. The molecule has 46 heavy (non-hydrogen) atoms. The molecule has 1 aromatic heterocycles. The number of fused-ring (bicyclic) bond motifs is 3. The molecule has 1 saturated carbocycles. The lowest BCUT2D eigenvalue weighted by Crippen LogP contribution is -2.62. The van der Waals surface area contributed by atoms with E-state index in [0.29, 0.717) is 41.6 Å². The highest BCUT2D eigenvalue weighted by Crippen LogP contribution is 2.38. The van der Waals surface area contributed by atoms with Crippen LogP contribution in [0.25, 0.3) is 10.9 Å². The first-order chi connectivity index (χ1) is 21.9. The number of benzene rings is 2. The molecule has 0 spiro atoms. The molecule has 9 nitrogen and oxygen atoms in total. The first-order valence-electron chi connectivity index (χ1n) is 15.5. The Hall–Kier alpha value is -3.77. The Bertz CT molecular complexity index is 1660. The van der Waals surface area contributed by atoms with Crippen molar-refractivity contribution in [2.24, 2.45) is 17.6 Å². The van der Waals surface area contributed by atoms with Gasteiger partial charge in [0.2, 0.25) is 11.8 Å². The third-order valence-corrected chi connectivity index (χ3v) is 9.51. The summed E-state index contributed by atoms with van der Waals surface area (Å²) in [4.78, 5) is 43.8. The average Bonchev–Trinajstić information content (AvgIpc) is 3.75. The Labute approximate surface area is 276 Å². The highest BCUT2D eigenvalue weighted by Gasteiger charge is 2.44. The first kappa shape index (κ1) is 33.6. The summed E-state index contributed by atoms with van der Waals surface area (Å²) in [6.45, 7) is 3.68. The molecule has 1 heterocycles. The molecule has 0 radical (unpaired) electrons. The van der Waals surface area contributed by atoms with Crippen LogP contribution in [0.3, 0.4) is 0 Å². The zero-order valence-electron chi connectivity index (χ0n) is 25.7. The first-order valence-corrected chi connectivity index (χ1v) is 16.3. The molecule has 246 valence electrons. The summed E-state index contributed by atoms with van der Waals surface area (Å²) in [7, 11) is 0. The smallest absolute Gasteiger partial charge is 0.409 e. The van der Waals surface area contributed by atoms with Gasteiger partial charge in [-0.05, 0) is 54.0 Å². The number of alkyl carbamates (subject to hydrolysis) is 1. The van der Waals surface area contributed by atoms with Gasteiger partial charge in [-0.3, -0.25) is 9.59 Å². The van der Waals surface area contributed by atoms with Crippen molar-refractivity contribution in [1.29, 1.82) is 0 Å². The molecule has 3 amide bonds. The number of aryl methyl sites for hydroxylation is 1. The number of aromatic amines is 1. The number of hydrogen-bond donors (Lipinski definition) is 5. The van der Waals surface area contributed by atoms with Crippen LogP contribution >= 0.6 is 23.8 Å². The Morgan fingerprint density at radius 3 is 2.61 bits per heavy atom. The summed E-state index contributed by atoms with van der Waals surface area (Å²) in [6, 6.07) is 6.87. The number of carbonyl (C=O) groups is 3. The third-order valence-electron chi connectivity index (χ3n) is 8.92. The van der Waals surface area contributed by atoms with Crippen molar-refractivity contribution in [1.82, 2.24) is 20.9 Å². The molecule has 4 atom stereocenters. The van der Waals surface area contributed by atoms with E-state index in [9.17, 15) is 23.2 Å². The van der Waals surface area contributed by atoms with Gasteiger partial charge in [0.15, 0.2) is 5.72 Å². The van der Waals surface area contributed by atoms with Crippen molar-refractivity contribution in [2.75, 3.05) is 0 Å². The van der Waals surface area contributed by atoms with Crippen LogP contribution in [-0.2, 0) is 33.6 Å². The summed E-state index contributed by atoms with van der Waals surface area (Å²) in [5.41, 5.74) is 6.50. The molecule has 1 unspecified atom stereocenters. The quantitative estimate of drug-likeness (QED) is 0.130. The van der Waals surface area contributed by atoms with E-state index in [1.807, 2.05) is 13.8 Å². The molecular weight excluding hydrogens is 636 g/mol. The third kappa shape index (κ3) is 7.78. The number of hydrogen-bond acceptors (Lipinski definition) is 5. The van der Waals surface area contributed by atoms with Crippen LogP contribution in [0.4, 0.5) is 13.6 Å². The van der Waals surface area contributed by atoms with E-state index < -0.39 is 47.4 Å². The number of rotatable bonds is 12. The molecular formula is C33H38ClF2N5O4S. The zero-order valence-corrected chi connectivity index (χ0v) is 27.3. The monoisotopic (exact) mass is 673 g/mol. The summed E-state index contributed by atoms with van der Waals surface area (Å²) in [5, 5.41) is 9.15. The molecule has 1 fully saturated rings. The van der Waals surface area contributed by atoms with Crippen LogP contribution in [0.5, 0.6) is 0 Å². The fourth-order valence-electron chi connectivity index (χ4n) is 5.99. The van der Waals surface area contributed by atoms with Gasteiger partial charge in [-0.15, -0.1) is 0 Å². The van der Waals surface area contributed by atoms with Crippen LogP contribution < -0.4 is 21.7 Å². The number of amides is 3. The van der Waals surface area contributed by atoms with Crippen LogP contribution in [0, 0.1) is 23.5 Å². The molecule has 2 aromatic carbocycles. The fourth-order valence-corrected chi connectivity index (χ4v) is 6.40. The molecule has 13 heteroatoms. The number of aromatic nitrogens is 1. The maximum Gasteiger partial charge on any atom is 0.409 e. The van der Waals surface area contributed by atoms with E-state index in [1.54, 1.807) is 6.07 Å². The number of nitrogens with two attached hydrogens (primary N) is 1. The Kier molecular flexibility index (Phi) is 10.2. The number of nitrogens with one attached hydrogen (secondary N) is 4. The number of ether oxygens (including phenoxy) is 1. The van der Waals surface area contributed by atoms with Crippen LogP contribution in [0.2, 0.25) is 5.02 Å². The van der Waals surface area contributed by atoms with Crippen LogP contribution in [0.15, 0.2) is 36.4 Å². The van der Waals surface area contributed by atoms with Gasteiger partial charge in [-0.25, -0.2) is 13.6 Å². The second-order valence-corrected chi connectivity index (χ2v) is 13.3. The van der Waals surface area contributed by atoms with Crippen LogP contribution in [0.1, 0.15) is 62.8 Å². The summed E-state index contributed by atoms with van der Waals surface area (Å²) >= 11 is 11.5. The second-order valence-electron chi connectivity index (χ2n) is 12.4. The van der Waals surface area contributed by atoms with E-state index in [2.05, 4.69) is 20.9 Å². The van der Waals surface area contributed by atoms with Gasteiger partial charge in [0.05, 0.1) is 28.0 Å². The fraction of sp³-hybridized carbons (Fsp3) is 0.455. The summed E-state index contributed by atoms with van der Waals surface area (Å²) < 4.78 is 34.8. The van der Waals surface area contributed by atoms with Crippen molar-refractivity contribution >= 4 is 57.6 Å². The highest BCUT2D eigenvalue weighted by molar-refractivity contribution is 7.80. The molecule has 0 saturated heterocycles. The van der Waals surface area contributed by atoms with E-state index >= 15 is 0 Å². The van der Waals surface area contributed by atoms with E-state index in [-0.39, 0.29) is 40.8 Å². The number of thiocarbonyl (C=S) groups is 1. The van der Waals surface area contributed by atoms with Gasteiger partial charge >= 0.3 is 6.09 Å². The van der Waals surface area contributed by atoms with E-state index in [1.165, 1.54) is 30.3 Å². The summed E-state index contributed by atoms with van der Waals surface area (Å²) in [6.07, 6.45) is 2.59. The van der Waals surface area contributed by atoms with E-state index in [0.717, 1.165) is 18.5 Å². The van der Waals surface area contributed by atoms with Gasteiger partial charge in [-0.2, -0.15) is 0 Å². The lowest BCUT2D eigenvalue weighted by molar-refractivity contribution is -0.136. The minimum atomic E-state index is -1.58. The maximum atomic E-state index is 14.5. The van der Waals surface area contributed by atoms with Crippen molar-refractivity contribution in [3.05, 3.63) is 69.9 Å². The normalized spacial score (nSPS) is 19.4. The molecule has 0 aliphatic heterocycles.